The number of rotatable bonds is 3. The van der Waals surface area contributed by atoms with Gasteiger partial charge in [-0.15, -0.1) is 12.4 Å². The summed E-state index contributed by atoms with van der Waals surface area (Å²) in [6.45, 7) is 5.40. The monoisotopic (exact) mass is 247 g/mol. The first kappa shape index (κ1) is 15.2. The highest BCUT2D eigenvalue weighted by Crippen LogP contribution is 2.20. The molecule has 4 heteroatoms. The standard InChI is InChI=1S/C12H18FNO.ClH/c1-12(2,3)15-10-6-4-9(5-7-10)11(14)8-13;/h4-7,11H,8,14H2,1-3H3;1H/t11-;/m0./s1. The topological polar surface area (TPSA) is 35.2 Å². The van der Waals surface area contributed by atoms with E-state index in [1.165, 1.54) is 0 Å². The average molecular weight is 248 g/mol. The van der Waals surface area contributed by atoms with E-state index in [0.29, 0.717) is 0 Å². The van der Waals surface area contributed by atoms with Crippen molar-refractivity contribution in [2.24, 2.45) is 5.73 Å². The van der Waals surface area contributed by atoms with E-state index in [1.54, 1.807) is 12.1 Å². The Kier molecular flexibility index (Phi) is 5.76. The molecule has 1 aromatic carbocycles. The van der Waals surface area contributed by atoms with Gasteiger partial charge in [-0.2, -0.15) is 0 Å². The van der Waals surface area contributed by atoms with E-state index in [2.05, 4.69) is 0 Å². The molecule has 0 aliphatic carbocycles. The molecule has 0 radical (unpaired) electrons. The second-order valence-electron chi connectivity index (χ2n) is 4.54. The molecular formula is C12H19ClFNO. The van der Waals surface area contributed by atoms with Gasteiger partial charge in [-0.1, -0.05) is 12.1 Å². The molecule has 0 unspecified atom stereocenters. The summed E-state index contributed by atoms with van der Waals surface area (Å²) in [5.74, 6) is 0.775. The summed E-state index contributed by atoms with van der Waals surface area (Å²) in [7, 11) is 0. The number of nitrogens with two attached hydrogens (primary N) is 1. The molecule has 0 fully saturated rings. The smallest absolute Gasteiger partial charge is 0.120 e. The molecule has 1 aromatic rings. The van der Waals surface area contributed by atoms with Crippen molar-refractivity contribution in [3.63, 3.8) is 0 Å². The number of alkyl halides is 1. The van der Waals surface area contributed by atoms with Crippen molar-refractivity contribution in [3.8, 4) is 5.75 Å². The van der Waals surface area contributed by atoms with Gasteiger partial charge >= 0.3 is 0 Å². The van der Waals surface area contributed by atoms with E-state index < -0.39 is 12.7 Å². The van der Waals surface area contributed by atoms with Crippen molar-refractivity contribution in [1.29, 1.82) is 0 Å². The van der Waals surface area contributed by atoms with Crippen LogP contribution in [0.1, 0.15) is 32.4 Å². The lowest BCUT2D eigenvalue weighted by Gasteiger charge is -2.21. The van der Waals surface area contributed by atoms with Crippen LogP contribution in [-0.4, -0.2) is 12.3 Å². The Morgan fingerprint density at radius 3 is 2.12 bits per heavy atom. The first-order valence-electron chi connectivity index (χ1n) is 5.03. The zero-order valence-corrected chi connectivity index (χ0v) is 10.7. The number of ether oxygens (including phenoxy) is 1. The predicted octanol–water partition coefficient (Wildman–Crippen LogP) is 3.26. The van der Waals surface area contributed by atoms with Gasteiger partial charge in [-0.05, 0) is 38.5 Å². The molecule has 1 atom stereocenters. The Morgan fingerprint density at radius 1 is 1.25 bits per heavy atom. The molecule has 1 rings (SSSR count). The minimum Gasteiger partial charge on any atom is -0.488 e. The lowest BCUT2D eigenvalue weighted by atomic mass is 10.1. The molecule has 0 aliphatic heterocycles. The van der Waals surface area contributed by atoms with E-state index in [-0.39, 0.29) is 18.0 Å². The van der Waals surface area contributed by atoms with Gasteiger partial charge in [-0.3, -0.25) is 0 Å². The van der Waals surface area contributed by atoms with Crippen molar-refractivity contribution >= 4 is 12.4 Å². The van der Waals surface area contributed by atoms with Crippen LogP contribution in [0.5, 0.6) is 5.75 Å². The SMILES string of the molecule is CC(C)(C)Oc1ccc([C@@H](N)CF)cc1.Cl. The van der Waals surface area contributed by atoms with Crippen LogP contribution in [0.4, 0.5) is 4.39 Å². The molecule has 0 amide bonds. The Hall–Kier alpha value is -0.800. The Labute approximate surface area is 102 Å². The maximum absolute atomic E-state index is 12.3. The fourth-order valence-electron chi connectivity index (χ4n) is 1.23. The van der Waals surface area contributed by atoms with Gasteiger partial charge in [0.05, 0.1) is 6.04 Å². The quantitative estimate of drug-likeness (QED) is 0.890. The number of benzene rings is 1. The van der Waals surface area contributed by atoms with Crippen LogP contribution in [0.15, 0.2) is 24.3 Å². The van der Waals surface area contributed by atoms with E-state index in [9.17, 15) is 4.39 Å². The summed E-state index contributed by atoms with van der Waals surface area (Å²) in [5.41, 5.74) is 6.13. The summed E-state index contributed by atoms with van der Waals surface area (Å²) in [4.78, 5) is 0. The van der Waals surface area contributed by atoms with Crippen LogP contribution in [0, 0.1) is 0 Å². The summed E-state index contributed by atoms with van der Waals surface area (Å²) < 4.78 is 17.9. The van der Waals surface area contributed by atoms with Crippen molar-refractivity contribution in [2.45, 2.75) is 32.4 Å². The van der Waals surface area contributed by atoms with Crippen molar-refractivity contribution in [3.05, 3.63) is 29.8 Å². The molecule has 2 N–H and O–H groups in total. The average Bonchev–Trinajstić information content (AvgIpc) is 2.15. The number of hydrogen-bond acceptors (Lipinski definition) is 2. The second kappa shape index (κ2) is 6.06. The van der Waals surface area contributed by atoms with E-state index in [1.807, 2.05) is 32.9 Å². The lowest BCUT2D eigenvalue weighted by molar-refractivity contribution is 0.131. The van der Waals surface area contributed by atoms with Gasteiger partial charge in [0.2, 0.25) is 0 Å². The molecule has 0 saturated carbocycles. The Balaban J connectivity index is 0.00000225. The molecule has 2 nitrogen and oxygen atoms in total. The summed E-state index contributed by atoms with van der Waals surface area (Å²) >= 11 is 0. The van der Waals surface area contributed by atoms with E-state index in [0.717, 1.165) is 11.3 Å². The molecule has 0 heterocycles. The van der Waals surface area contributed by atoms with Gasteiger partial charge < -0.3 is 10.5 Å². The third kappa shape index (κ3) is 4.81. The highest BCUT2D eigenvalue weighted by atomic mass is 35.5. The van der Waals surface area contributed by atoms with Gasteiger partial charge in [0.15, 0.2) is 0 Å². The molecule has 0 spiro atoms. The van der Waals surface area contributed by atoms with Crippen LogP contribution in [0.3, 0.4) is 0 Å². The first-order chi connectivity index (χ1) is 6.92. The minimum absolute atomic E-state index is 0. The van der Waals surface area contributed by atoms with Crippen molar-refractivity contribution in [2.75, 3.05) is 6.67 Å². The molecule has 16 heavy (non-hydrogen) atoms. The maximum Gasteiger partial charge on any atom is 0.120 e. The molecule has 0 saturated heterocycles. The fraction of sp³-hybridized carbons (Fsp3) is 0.500. The molecule has 0 bridgehead atoms. The zero-order chi connectivity index (χ0) is 11.5. The number of hydrogen-bond donors (Lipinski definition) is 1. The van der Waals surface area contributed by atoms with Crippen LogP contribution in [-0.2, 0) is 0 Å². The minimum atomic E-state index is -0.542. The van der Waals surface area contributed by atoms with Crippen LogP contribution >= 0.6 is 12.4 Å². The summed E-state index contributed by atoms with van der Waals surface area (Å²) in [6, 6.07) is 6.69. The number of halogens is 2. The van der Waals surface area contributed by atoms with Crippen LogP contribution in [0.25, 0.3) is 0 Å². The van der Waals surface area contributed by atoms with Gasteiger partial charge in [-0.25, -0.2) is 4.39 Å². The molecular weight excluding hydrogens is 229 g/mol. The van der Waals surface area contributed by atoms with Crippen LogP contribution in [0.2, 0.25) is 0 Å². The Morgan fingerprint density at radius 2 is 1.75 bits per heavy atom. The molecule has 0 aliphatic rings. The first-order valence-corrected chi connectivity index (χ1v) is 5.03. The lowest BCUT2D eigenvalue weighted by Crippen LogP contribution is -2.23. The van der Waals surface area contributed by atoms with Gasteiger partial charge in [0.1, 0.15) is 18.0 Å². The zero-order valence-electron chi connectivity index (χ0n) is 9.87. The molecule has 0 aromatic heterocycles. The van der Waals surface area contributed by atoms with Gasteiger partial charge in [0, 0.05) is 0 Å². The fourth-order valence-corrected chi connectivity index (χ4v) is 1.23. The molecule has 92 valence electrons. The maximum atomic E-state index is 12.3. The van der Waals surface area contributed by atoms with Crippen molar-refractivity contribution < 1.29 is 9.13 Å². The summed E-state index contributed by atoms with van der Waals surface area (Å²) in [5, 5.41) is 0. The third-order valence-electron chi connectivity index (χ3n) is 1.90. The summed E-state index contributed by atoms with van der Waals surface area (Å²) in [6.07, 6.45) is 0. The van der Waals surface area contributed by atoms with Crippen LogP contribution < -0.4 is 10.5 Å². The van der Waals surface area contributed by atoms with Crippen molar-refractivity contribution in [1.82, 2.24) is 0 Å². The van der Waals surface area contributed by atoms with E-state index >= 15 is 0 Å². The highest BCUT2D eigenvalue weighted by molar-refractivity contribution is 5.85. The van der Waals surface area contributed by atoms with Gasteiger partial charge in [0.25, 0.3) is 0 Å². The van der Waals surface area contributed by atoms with E-state index in [4.69, 9.17) is 10.5 Å². The predicted molar refractivity (Wildman–Crippen MR) is 67.0 cm³/mol. The normalized spacial score (nSPS) is 12.8. The third-order valence-corrected chi connectivity index (χ3v) is 1.90. The second-order valence-corrected chi connectivity index (χ2v) is 4.54. The largest absolute Gasteiger partial charge is 0.488 e. The highest BCUT2D eigenvalue weighted by Gasteiger charge is 2.12. The Bertz CT molecular complexity index is 308.